The first-order valence-corrected chi connectivity index (χ1v) is 5.84. The summed E-state index contributed by atoms with van der Waals surface area (Å²) in [4.78, 5) is 16.2. The molecule has 0 aliphatic heterocycles. The van der Waals surface area contributed by atoms with Gasteiger partial charge in [-0.25, -0.2) is 4.79 Å². The minimum atomic E-state index is -1.00. The van der Waals surface area contributed by atoms with Crippen LogP contribution in [-0.2, 0) is 16.8 Å². The molecule has 5 nitrogen and oxygen atoms in total. The number of hydroxylamine groups is 2. The van der Waals surface area contributed by atoms with Crippen molar-refractivity contribution in [3.8, 4) is 6.07 Å². The number of rotatable bonds is 5. The van der Waals surface area contributed by atoms with Crippen LogP contribution in [0, 0.1) is 11.3 Å². The van der Waals surface area contributed by atoms with Gasteiger partial charge in [-0.3, -0.25) is 0 Å². The van der Waals surface area contributed by atoms with Gasteiger partial charge in [0.1, 0.15) is 0 Å². The highest BCUT2D eigenvalue weighted by atomic mass is 16.7. The third-order valence-electron chi connectivity index (χ3n) is 2.96. The van der Waals surface area contributed by atoms with Gasteiger partial charge in [-0.15, -0.1) is 0 Å². The quantitative estimate of drug-likeness (QED) is 0.823. The number of benzene rings is 1. The Morgan fingerprint density at radius 3 is 2.58 bits per heavy atom. The first-order valence-electron chi connectivity index (χ1n) is 5.84. The molecule has 1 rings (SSSR count). The summed E-state index contributed by atoms with van der Waals surface area (Å²) in [7, 11) is 3.30. The van der Waals surface area contributed by atoms with Crippen LogP contribution in [0.2, 0.25) is 0 Å². The molecule has 0 aliphatic carbocycles. The van der Waals surface area contributed by atoms with E-state index in [9.17, 15) is 4.79 Å². The van der Waals surface area contributed by atoms with E-state index in [0.29, 0.717) is 12.1 Å². The molecule has 0 heterocycles. The van der Waals surface area contributed by atoms with Crippen molar-refractivity contribution >= 4 is 5.97 Å². The van der Waals surface area contributed by atoms with Crippen molar-refractivity contribution in [2.24, 2.45) is 0 Å². The van der Waals surface area contributed by atoms with Crippen LogP contribution < -0.4 is 0 Å². The van der Waals surface area contributed by atoms with Gasteiger partial charge in [0, 0.05) is 13.6 Å². The molecule has 0 saturated heterocycles. The van der Waals surface area contributed by atoms with E-state index in [4.69, 9.17) is 15.2 Å². The van der Waals surface area contributed by atoms with Crippen LogP contribution in [0.5, 0.6) is 0 Å². The van der Waals surface area contributed by atoms with Gasteiger partial charge in [-0.1, -0.05) is 6.07 Å². The molecule has 0 spiro atoms. The summed E-state index contributed by atoms with van der Waals surface area (Å²) in [6.07, 6.45) is 0. The number of carbonyl (C=O) groups is 1. The Hall–Kier alpha value is -1.90. The smallest absolute Gasteiger partial charge is 0.335 e. The maximum absolute atomic E-state index is 11.1. The van der Waals surface area contributed by atoms with Gasteiger partial charge >= 0.3 is 5.97 Å². The average molecular weight is 262 g/mol. The fourth-order valence-corrected chi connectivity index (χ4v) is 1.65. The maximum atomic E-state index is 11.1. The molecular weight excluding hydrogens is 244 g/mol. The molecule has 19 heavy (non-hydrogen) atoms. The SMILES string of the molecule is CON(C)Cc1cc(C(=O)O)cc(C(C)(C)C#N)c1. The van der Waals surface area contributed by atoms with E-state index in [1.54, 1.807) is 45.2 Å². The monoisotopic (exact) mass is 262 g/mol. The summed E-state index contributed by atoms with van der Waals surface area (Å²) >= 11 is 0. The van der Waals surface area contributed by atoms with Gasteiger partial charge in [0.2, 0.25) is 0 Å². The van der Waals surface area contributed by atoms with Crippen molar-refractivity contribution in [3.05, 3.63) is 34.9 Å². The molecule has 0 fully saturated rings. The molecule has 1 aromatic rings. The Balaban J connectivity index is 3.27. The van der Waals surface area contributed by atoms with E-state index in [1.807, 2.05) is 6.07 Å². The van der Waals surface area contributed by atoms with Gasteiger partial charge in [0.25, 0.3) is 0 Å². The van der Waals surface area contributed by atoms with Crippen LogP contribution in [-0.4, -0.2) is 30.3 Å². The van der Waals surface area contributed by atoms with Crippen molar-refractivity contribution < 1.29 is 14.7 Å². The van der Waals surface area contributed by atoms with E-state index < -0.39 is 11.4 Å². The molecule has 5 heteroatoms. The predicted octanol–water partition coefficient (Wildman–Crippen LogP) is 2.18. The average Bonchev–Trinajstić information content (AvgIpc) is 2.38. The zero-order valence-corrected chi connectivity index (χ0v) is 11.6. The Morgan fingerprint density at radius 1 is 1.47 bits per heavy atom. The van der Waals surface area contributed by atoms with E-state index in [-0.39, 0.29) is 5.56 Å². The summed E-state index contributed by atoms with van der Waals surface area (Å²) in [5.41, 5.74) is 0.934. The maximum Gasteiger partial charge on any atom is 0.335 e. The van der Waals surface area contributed by atoms with E-state index in [0.717, 1.165) is 5.56 Å². The number of hydrogen-bond donors (Lipinski definition) is 1. The van der Waals surface area contributed by atoms with Crippen molar-refractivity contribution in [3.63, 3.8) is 0 Å². The summed E-state index contributed by atoms with van der Waals surface area (Å²) < 4.78 is 0. The second kappa shape index (κ2) is 5.83. The minimum Gasteiger partial charge on any atom is -0.478 e. The second-order valence-corrected chi connectivity index (χ2v) is 4.93. The van der Waals surface area contributed by atoms with Crippen LogP contribution in [0.25, 0.3) is 0 Å². The minimum absolute atomic E-state index is 0.181. The van der Waals surface area contributed by atoms with Crippen LogP contribution >= 0.6 is 0 Å². The third-order valence-corrected chi connectivity index (χ3v) is 2.96. The zero-order valence-electron chi connectivity index (χ0n) is 11.6. The van der Waals surface area contributed by atoms with Crippen LogP contribution in [0.3, 0.4) is 0 Å². The molecule has 0 aromatic heterocycles. The lowest BCUT2D eigenvalue weighted by atomic mass is 9.84. The third kappa shape index (κ3) is 3.78. The van der Waals surface area contributed by atoms with Gasteiger partial charge in [0.05, 0.1) is 24.2 Å². The number of nitriles is 1. The fraction of sp³-hybridized carbons (Fsp3) is 0.429. The first-order chi connectivity index (χ1) is 8.80. The Kier molecular flexibility index (Phi) is 4.65. The zero-order chi connectivity index (χ0) is 14.6. The highest BCUT2D eigenvalue weighted by Gasteiger charge is 2.22. The van der Waals surface area contributed by atoms with E-state index in [1.165, 1.54) is 0 Å². The number of aromatic carboxylic acids is 1. The number of carboxylic acid groups (broad SMARTS) is 1. The molecule has 0 aliphatic rings. The molecule has 0 atom stereocenters. The lowest BCUT2D eigenvalue weighted by Gasteiger charge is -2.19. The normalized spacial score (nSPS) is 11.4. The van der Waals surface area contributed by atoms with Crippen LogP contribution in [0.4, 0.5) is 0 Å². The molecule has 0 saturated carbocycles. The molecule has 0 radical (unpaired) electrons. The Bertz CT molecular complexity index is 518. The van der Waals surface area contributed by atoms with Crippen molar-refractivity contribution in [2.45, 2.75) is 25.8 Å². The molecule has 1 aromatic carbocycles. The Labute approximate surface area is 113 Å². The predicted molar refractivity (Wildman–Crippen MR) is 70.5 cm³/mol. The number of nitrogens with zero attached hydrogens (tertiary/aromatic N) is 2. The topological polar surface area (TPSA) is 73.6 Å². The van der Waals surface area contributed by atoms with Crippen LogP contribution in [0.15, 0.2) is 18.2 Å². The van der Waals surface area contributed by atoms with Gasteiger partial charge in [-0.2, -0.15) is 10.3 Å². The van der Waals surface area contributed by atoms with Gasteiger partial charge < -0.3 is 9.94 Å². The number of hydrogen-bond acceptors (Lipinski definition) is 4. The summed E-state index contributed by atoms with van der Waals surface area (Å²) in [5, 5.41) is 19.9. The van der Waals surface area contributed by atoms with E-state index >= 15 is 0 Å². The molecule has 1 N–H and O–H groups in total. The molecular formula is C14H18N2O3. The molecule has 0 bridgehead atoms. The molecule has 102 valence electrons. The van der Waals surface area contributed by atoms with Crippen LogP contribution in [0.1, 0.15) is 35.3 Å². The summed E-state index contributed by atoms with van der Waals surface area (Å²) in [6, 6.07) is 7.15. The van der Waals surface area contributed by atoms with Gasteiger partial charge in [-0.05, 0) is 37.1 Å². The van der Waals surface area contributed by atoms with E-state index in [2.05, 4.69) is 6.07 Å². The first kappa shape index (κ1) is 15.2. The lowest BCUT2D eigenvalue weighted by Crippen LogP contribution is -2.19. The summed E-state index contributed by atoms with van der Waals surface area (Å²) in [5.74, 6) is -1.00. The largest absolute Gasteiger partial charge is 0.478 e. The fourth-order valence-electron chi connectivity index (χ4n) is 1.65. The van der Waals surface area contributed by atoms with Crippen molar-refractivity contribution in [1.82, 2.24) is 5.06 Å². The Morgan fingerprint density at radius 2 is 2.11 bits per heavy atom. The van der Waals surface area contributed by atoms with Gasteiger partial charge in [0.15, 0.2) is 0 Å². The molecule has 0 unspecified atom stereocenters. The second-order valence-electron chi connectivity index (χ2n) is 4.93. The summed E-state index contributed by atoms with van der Waals surface area (Å²) in [6.45, 7) is 3.97. The number of carboxylic acids is 1. The highest BCUT2D eigenvalue weighted by Crippen LogP contribution is 2.25. The van der Waals surface area contributed by atoms with Crippen molar-refractivity contribution in [2.75, 3.05) is 14.2 Å². The highest BCUT2D eigenvalue weighted by molar-refractivity contribution is 5.88. The molecule has 0 amide bonds. The lowest BCUT2D eigenvalue weighted by molar-refractivity contribution is -0.116. The standard InChI is InChI=1S/C14H18N2O3/c1-14(2,9-15)12-6-10(8-16(3)19-4)5-11(7-12)13(17)18/h5-7H,8H2,1-4H3,(H,17,18). The van der Waals surface area contributed by atoms with Crippen molar-refractivity contribution in [1.29, 1.82) is 5.26 Å².